The highest BCUT2D eigenvalue weighted by Gasteiger charge is 2.21. The van der Waals surface area contributed by atoms with Gasteiger partial charge in [-0.1, -0.05) is 37.3 Å². The highest BCUT2D eigenvalue weighted by atomic mass is 32.1. The largest absolute Gasteiger partial charge is 0.397 e. The number of nitrogens with two attached hydrogens (primary N) is 1. The van der Waals surface area contributed by atoms with Crippen molar-refractivity contribution in [2.75, 3.05) is 5.73 Å². The Balaban J connectivity index is 1.80. The van der Waals surface area contributed by atoms with E-state index in [4.69, 9.17) is 10.3 Å². The van der Waals surface area contributed by atoms with Crippen LogP contribution in [0, 0.1) is 6.92 Å². The van der Waals surface area contributed by atoms with E-state index in [2.05, 4.69) is 10.1 Å². The number of aromatic nitrogens is 2. The predicted molar refractivity (Wildman–Crippen MR) is 81.8 cm³/mol. The molecule has 20 heavy (non-hydrogen) atoms. The molecule has 2 heterocycles. The summed E-state index contributed by atoms with van der Waals surface area (Å²) in [6, 6.07) is 0. The molecule has 5 heteroatoms. The molecule has 2 N–H and O–H groups in total. The molecule has 0 spiro atoms. The number of hydrogen-bond donors (Lipinski definition) is 1. The Morgan fingerprint density at radius 2 is 1.90 bits per heavy atom. The zero-order valence-corrected chi connectivity index (χ0v) is 12.7. The minimum Gasteiger partial charge on any atom is -0.397 e. The average molecular weight is 291 g/mol. The van der Waals surface area contributed by atoms with Crippen molar-refractivity contribution in [3.63, 3.8) is 0 Å². The molecule has 0 saturated heterocycles. The fraction of sp³-hybridized carbons (Fsp3) is 0.600. The lowest BCUT2D eigenvalue weighted by atomic mass is 9.91. The van der Waals surface area contributed by atoms with Crippen LogP contribution in [0.25, 0.3) is 10.8 Å². The molecule has 2 aromatic heterocycles. The van der Waals surface area contributed by atoms with Crippen LogP contribution in [0.4, 0.5) is 5.69 Å². The zero-order valence-electron chi connectivity index (χ0n) is 11.9. The number of anilines is 1. The molecule has 0 amide bonds. The fourth-order valence-corrected chi connectivity index (χ4v) is 3.72. The summed E-state index contributed by atoms with van der Waals surface area (Å²) in [4.78, 5) is 5.51. The third-order valence-electron chi connectivity index (χ3n) is 4.13. The molecule has 3 rings (SSSR count). The maximum atomic E-state index is 6.05. The third kappa shape index (κ3) is 2.73. The maximum Gasteiger partial charge on any atom is 0.270 e. The van der Waals surface area contributed by atoms with E-state index < -0.39 is 0 Å². The van der Waals surface area contributed by atoms with Crippen molar-refractivity contribution in [2.24, 2.45) is 0 Å². The van der Waals surface area contributed by atoms with E-state index in [9.17, 15) is 0 Å². The quantitative estimate of drug-likeness (QED) is 0.883. The van der Waals surface area contributed by atoms with Gasteiger partial charge in [-0.05, 0) is 30.7 Å². The number of nitrogens with zero attached hydrogens (tertiary/aromatic N) is 2. The van der Waals surface area contributed by atoms with Gasteiger partial charge in [0.05, 0.1) is 5.69 Å². The van der Waals surface area contributed by atoms with Gasteiger partial charge in [-0.15, -0.1) is 11.3 Å². The van der Waals surface area contributed by atoms with Crippen LogP contribution in [0.15, 0.2) is 9.90 Å². The first-order chi connectivity index (χ1) is 9.75. The van der Waals surface area contributed by atoms with Crippen molar-refractivity contribution >= 4 is 17.0 Å². The summed E-state index contributed by atoms with van der Waals surface area (Å²) in [6.45, 7) is 2.00. The molecule has 108 valence electrons. The lowest BCUT2D eigenvalue weighted by Crippen LogP contribution is -2.04. The van der Waals surface area contributed by atoms with Gasteiger partial charge in [0, 0.05) is 5.92 Å². The van der Waals surface area contributed by atoms with E-state index >= 15 is 0 Å². The summed E-state index contributed by atoms with van der Waals surface area (Å²) in [7, 11) is 0. The number of hydrogen-bond acceptors (Lipinski definition) is 5. The van der Waals surface area contributed by atoms with Gasteiger partial charge in [0.25, 0.3) is 5.89 Å². The van der Waals surface area contributed by atoms with Crippen molar-refractivity contribution in [3.05, 3.63) is 16.8 Å². The molecule has 1 aliphatic carbocycles. The molecule has 1 saturated carbocycles. The Morgan fingerprint density at radius 1 is 1.20 bits per heavy atom. The van der Waals surface area contributed by atoms with Gasteiger partial charge in [-0.3, -0.25) is 0 Å². The summed E-state index contributed by atoms with van der Waals surface area (Å²) in [5.74, 6) is 1.90. The average Bonchev–Trinajstić information content (AvgIpc) is 2.98. The first kappa shape index (κ1) is 13.6. The minimum atomic E-state index is 0.454. The normalized spacial score (nSPS) is 17.9. The number of nitrogen functional groups attached to an aromatic ring is 1. The summed E-state index contributed by atoms with van der Waals surface area (Å²) in [6.07, 6.45) is 8.94. The van der Waals surface area contributed by atoms with E-state index in [0.29, 0.717) is 11.8 Å². The summed E-state index contributed by atoms with van der Waals surface area (Å²) >= 11 is 1.58. The van der Waals surface area contributed by atoms with Crippen LogP contribution in [-0.4, -0.2) is 10.1 Å². The number of aryl methyl sites for hydroxylation is 1. The second kappa shape index (κ2) is 5.95. The monoisotopic (exact) mass is 291 g/mol. The molecular weight excluding hydrogens is 270 g/mol. The number of rotatable bonds is 2. The highest BCUT2D eigenvalue weighted by Crippen LogP contribution is 2.35. The Bertz CT molecular complexity index is 567. The van der Waals surface area contributed by atoms with Crippen molar-refractivity contribution in [3.8, 4) is 10.8 Å². The summed E-state index contributed by atoms with van der Waals surface area (Å²) < 4.78 is 5.44. The molecule has 0 aromatic carbocycles. The van der Waals surface area contributed by atoms with Crippen LogP contribution in [0.1, 0.15) is 62.3 Å². The molecule has 0 bridgehead atoms. The van der Waals surface area contributed by atoms with E-state index in [0.717, 1.165) is 22.0 Å². The Hall–Kier alpha value is -1.36. The summed E-state index contributed by atoms with van der Waals surface area (Å²) in [5.41, 5.74) is 7.90. The third-order valence-corrected chi connectivity index (χ3v) is 5.23. The van der Waals surface area contributed by atoms with Gasteiger partial charge in [-0.25, -0.2) is 0 Å². The van der Waals surface area contributed by atoms with E-state index in [-0.39, 0.29) is 0 Å². The van der Waals surface area contributed by atoms with Gasteiger partial charge >= 0.3 is 0 Å². The van der Waals surface area contributed by atoms with Crippen molar-refractivity contribution < 1.29 is 4.52 Å². The Morgan fingerprint density at radius 3 is 2.55 bits per heavy atom. The number of thiophene rings is 1. The molecule has 0 unspecified atom stereocenters. The standard InChI is InChI=1S/C15H21N3OS/c1-10-9-20-13(12(10)16)15-17-14(18-19-15)11-7-5-3-2-4-6-8-11/h9,11H,2-8,16H2,1H3. The van der Waals surface area contributed by atoms with Crippen LogP contribution in [0.3, 0.4) is 0 Å². The van der Waals surface area contributed by atoms with E-state index in [1.807, 2.05) is 12.3 Å². The van der Waals surface area contributed by atoms with E-state index in [1.165, 1.54) is 44.9 Å². The topological polar surface area (TPSA) is 64.9 Å². The second-order valence-electron chi connectivity index (χ2n) is 5.66. The maximum absolute atomic E-state index is 6.05. The molecule has 1 fully saturated rings. The lowest BCUT2D eigenvalue weighted by Gasteiger charge is -2.15. The van der Waals surface area contributed by atoms with Crippen LogP contribution >= 0.6 is 11.3 Å². The van der Waals surface area contributed by atoms with E-state index in [1.54, 1.807) is 11.3 Å². The first-order valence-corrected chi connectivity index (χ1v) is 8.31. The van der Waals surface area contributed by atoms with Crippen LogP contribution in [0.5, 0.6) is 0 Å². The molecule has 2 aromatic rings. The second-order valence-corrected chi connectivity index (χ2v) is 6.54. The van der Waals surface area contributed by atoms with Crippen molar-refractivity contribution in [2.45, 2.75) is 57.8 Å². The highest BCUT2D eigenvalue weighted by molar-refractivity contribution is 7.14. The first-order valence-electron chi connectivity index (χ1n) is 7.43. The van der Waals surface area contributed by atoms with Gasteiger partial charge < -0.3 is 10.3 Å². The van der Waals surface area contributed by atoms with Gasteiger partial charge in [0.2, 0.25) is 0 Å². The molecule has 0 radical (unpaired) electrons. The Kier molecular flexibility index (Phi) is 4.05. The lowest BCUT2D eigenvalue weighted by molar-refractivity contribution is 0.393. The van der Waals surface area contributed by atoms with Crippen LogP contribution in [-0.2, 0) is 0 Å². The fourth-order valence-electron chi connectivity index (χ4n) is 2.83. The van der Waals surface area contributed by atoms with Crippen LogP contribution < -0.4 is 5.73 Å². The summed E-state index contributed by atoms with van der Waals surface area (Å²) in [5, 5.41) is 6.24. The molecule has 0 aliphatic heterocycles. The SMILES string of the molecule is Cc1csc(-c2nc(C3CCCCCCC3)no2)c1N. The van der Waals surface area contributed by atoms with Crippen LogP contribution in [0.2, 0.25) is 0 Å². The smallest absolute Gasteiger partial charge is 0.270 e. The minimum absolute atomic E-state index is 0.454. The van der Waals surface area contributed by atoms with Crippen molar-refractivity contribution in [1.82, 2.24) is 10.1 Å². The predicted octanol–water partition coefficient (Wildman–Crippen LogP) is 4.52. The Labute approximate surface area is 123 Å². The molecule has 1 aliphatic rings. The molecule has 0 atom stereocenters. The van der Waals surface area contributed by atoms with Crippen molar-refractivity contribution in [1.29, 1.82) is 0 Å². The van der Waals surface area contributed by atoms with Gasteiger partial charge in [-0.2, -0.15) is 4.98 Å². The molecular formula is C15H21N3OS. The van der Waals surface area contributed by atoms with Gasteiger partial charge in [0.15, 0.2) is 5.82 Å². The zero-order chi connectivity index (χ0) is 13.9. The molecule has 4 nitrogen and oxygen atoms in total. The van der Waals surface area contributed by atoms with Gasteiger partial charge in [0.1, 0.15) is 4.88 Å².